The first-order chi connectivity index (χ1) is 7.74. The van der Waals surface area contributed by atoms with E-state index in [1.165, 1.54) is 25.7 Å². The molecule has 0 nitrogen and oxygen atoms in total. The molecule has 16 heavy (non-hydrogen) atoms. The fourth-order valence-electron chi connectivity index (χ4n) is 1.92. The van der Waals surface area contributed by atoms with Gasteiger partial charge in [-0.2, -0.15) is 0 Å². The maximum absolute atomic E-state index is 2.37. The van der Waals surface area contributed by atoms with E-state index >= 15 is 0 Å². The van der Waals surface area contributed by atoms with E-state index in [0.29, 0.717) is 0 Å². The molecule has 2 heterocycles. The molecule has 0 bridgehead atoms. The van der Waals surface area contributed by atoms with Crippen LogP contribution in [0.5, 0.6) is 0 Å². The molecule has 0 amide bonds. The third-order valence-corrected chi connectivity index (χ3v) is 19.3. The van der Waals surface area contributed by atoms with E-state index in [1.54, 1.807) is 8.94 Å². The zero-order chi connectivity index (χ0) is 11.1. The van der Waals surface area contributed by atoms with Gasteiger partial charge in [0, 0.05) is 0 Å². The topological polar surface area (TPSA) is 0 Å². The Bertz CT molecular complexity index is 392. The molecule has 0 radical (unpaired) electrons. The van der Waals surface area contributed by atoms with Crippen molar-refractivity contribution in [1.82, 2.24) is 0 Å². The molecule has 0 aromatic heterocycles. The Morgan fingerprint density at radius 2 is 1.12 bits per heavy atom. The van der Waals surface area contributed by atoms with Crippen LogP contribution in [0.1, 0.15) is 39.5 Å². The van der Waals surface area contributed by atoms with Crippen molar-refractivity contribution in [3.8, 4) is 0 Å². The molecular weight excluding hydrogens is 460 g/mol. The maximum atomic E-state index is 2.37. The molecule has 4 heteroatoms. The number of rotatable bonds is 0. The summed E-state index contributed by atoms with van der Waals surface area (Å²) in [6.07, 6.45) is 5.87. The monoisotopic (exact) mass is 478 g/mol. The van der Waals surface area contributed by atoms with Gasteiger partial charge in [-0.1, -0.05) is 0 Å². The summed E-state index contributed by atoms with van der Waals surface area (Å²) in [5.74, 6) is 0. The Labute approximate surface area is 123 Å². The standard InChI is InChI=1S/C12H14Se4/c1-7-8(2)14-11(13-7)12-15-9-5-3-4-6-10(9)16-12/h3-6H2,1-2H3. The Hall–Kier alpha value is 1.30. The minimum atomic E-state index is 0.761. The van der Waals surface area contributed by atoms with Crippen LogP contribution < -0.4 is 0 Å². The van der Waals surface area contributed by atoms with Crippen LogP contribution >= 0.6 is 0 Å². The molecule has 0 aromatic carbocycles. The molecular formula is C12H14Se4. The van der Waals surface area contributed by atoms with Crippen LogP contribution in [0.15, 0.2) is 24.6 Å². The summed E-state index contributed by atoms with van der Waals surface area (Å²) in [5.41, 5.74) is 0. The first-order valence-corrected chi connectivity index (χ1v) is 12.4. The summed E-state index contributed by atoms with van der Waals surface area (Å²) in [7, 11) is 0. The zero-order valence-electron chi connectivity index (χ0n) is 9.46. The second-order valence-electron chi connectivity index (χ2n) is 4.15. The van der Waals surface area contributed by atoms with Gasteiger partial charge in [0.05, 0.1) is 0 Å². The van der Waals surface area contributed by atoms with Gasteiger partial charge in [-0.25, -0.2) is 0 Å². The molecule has 0 saturated heterocycles. The van der Waals surface area contributed by atoms with Crippen LogP contribution in [0.2, 0.25) is 0 Å². The van der Waals surface area contributed by atoms with Gasteiger partial charge in [0.2, 0.25) is 0 Å². The SMILES string of the molecule is CC1=C(C)[Se]C(=C2[Se]C3=C(CCCC3)[Se]2)[Se]1. The van der Waals surface area contributed by atoms with E-state index < -0.39 is 0 Å². The summed E-state index contributed by atoms with van der Waals surface area (Å²) in [5, 5.41) is 0. The Morgan fingerprint density at radius 3 is 1.62 bits per heavy atom. The normalized spacial score (nSPS) is 25.9. The molecule has 0 saturated carbocycles. The fourth-order valence-corrected chi connectivity index (χ4v) is 18.7. The van der Waals surface area contributed by atoms with Crippen LogP contribution in [-0.2, 0) is 0 Å². The summed E-state index contributed by atoms with van der Waals surface area (Å²) >= 11 is 3.13. The van der Waals surface area contributed by atoms with E-state index in [9.17, 15) is 0 Å². The number of hydrogen-bond acceptors (Lipinski definition) is 0. The second-order valence-corrected chi connectivity index (χ2v) is 16.5. The summed E-state index contributed by atoms with van der Waals surface area (Å²) in [4.78, 5) is 0. The van der Waals surface area contributed by atoms with Crippen LogP contribution in [0.3, 0.4) is 0 Å². The van der Waals surface area contributed by atoms with Crippen molar-refractivity contribution in [3.05, 3.63) is 24.6 Å². The van der Waals surface area contributed by atoms with Gasteiger partial charge in [0.1, 0.15) is 0 Å². The molecule has 0 spiro atoms. The first-order valence-electron chi connectivity index (χ1n) is 5.59. The van der Waals surface area contributed by atoms with Gasteiger partial charge in [-0.15, -0.1) is 0 Å². The van der Waals surface area contributed by atoms with Gasteiger partial charge >= 0.3 is 124 Å². The predicted molar refractivity (Wildman–Crippen MR) is 73.9 cm³/mol. The van der Waals surface area contributed by atoms with Gasteiger partial charge in [0.15, 0.2) is 0 Å². The Balaban J connectivity index is 1.79. The van der Waals surface area contributed by atoms with Crippen molar-refractivity contribution in [3.63, 3.8) is 0 Å². The number of allylic oxidation sites excluding steroid dienone is 4. The van der Waals surface area contributed by atoms with Crippen molar-refractivity contribution in [1.29, 1.82) is 0 Å². The molecule has 0 fully saturated rings. The van der Waals surface area contributed by atoms with E-state index in [2.05, 4.69) is 13.8 Å². The Morgan fingerprint density at radius 1 is 0.688 bits per heavy atom. The molecule has 0 atom stereocenters. The number of hydrogen-bond donors (Lipinski definition) is 0. The molecule has 1 aliphatic carbocycles. The molecule has 3 aliphatic rings. The van der Waals surface area contributed by atoms with E-state index in [1.807, 2.05) is 15.7 Å². The van der Waals surface area contributed by atoms with Crippen molar-refractivity contribution in [2.45, 2.75) is 39.5 Å². The summed E-state index contributed by atoms with van der Waals surface area (Å²) in [6.45, 7) is 4.74. The van der Waals surface area contributed by atoms with Crippen molar-refractivity contribution >= 4 is 59.8 Å². The van der Waals surface area contributed by atoms with Crippen molar-refractivity contribution in [2.24, 2.45) is 0 Å². The molecule has 0 unspecified atom stereocenters. The zero-order valence-corrected chi connectivity index (χ0v) is 16.3. The summed E-state index contributed by atoms with van der Waals surface area (Å²) in [6, 6.07) is 0. The minimum absolute atomic E-state index is 0.761. The van der Waals surface area contributed by atoms with Gasteiger partial charge in [-0.3, -0.25) is 0 Å². The van der Waals surface area contributed by atoms with E-state index in [-0.39, 0.29) is 0 Å². The third kappa shape index (κ3) is 2.37. The van der Waals surface area contributed by atoms with Crippen LogP contribution in [0.25, 0.3) is 0 Å². The van der Waals surface area contributed by atoms with E-state index in [0.717, 1.165) is 59.8 Å². The average molecular weight is 474 g/mol. The van der Waals surface area contributed by atoms with Crippen LogP contribution in [-0.4, -0.2) is 59.8 Å². The second kappa shape index (κ2) is 5.12. The predicted octanol–water partition coefficient (Wildman–Crippen LogP) is 1.99. The van der Waals surface area contributed by atoms with Gasteiger partial charge < -0.3 is 0 Å². The molecule has 3 rings (SSSR count). The fraction of sp³-hybridized carbons (Fsp3) is 0.500. The Kier molecular flexibility index (Phi) is 3.95. The van der Waals surface area contributed by atoms with Crippen LogP contribution in [0.4, 0.5) is 0 Å². The molecule has 0 N–H and O–H groups in total. The first kappa shape index (κ1) is 12.3. The molecule has 0 aromatic rings. The molecule has 86 valence electrons. The molecule has 2 aliphatic heterocycles. The van der Waals surface area contributed by atoms with Crippen molar-refractivity contribution < 1.29 is 0 Å². The van der Waals surface area contributed by atoms with Crippen molar-refractivity contribution in [2.75, 3.05) is 0 Å². The van der Waals surface area contributed by atoms with Crippen LogP contribution in [0, 0.1) is 0 Å². The quantitative estimate of drug-likeness (QED) is 0.472. The van der Waals surface area contributed by atoms with Gasteiger partial charge in [0.25, 0.3) is 0 Å². The average Bonchev–Trinajstić information content (AvgIpc) is 2.83. The van der Waals surface area contributed by atoms with E-state index in [4.69, 9.17) is 0 Å². The van der Waals surface area contributed by atoms with Gasteiger partial charge in [-0.05, 0) is 0 Å². The summed E-state index contributed by atoms with van der Waals surface area (Å²) < 4.78 is 11.3. The third-order valence-electron chi connectivity index (χ3n) is 2.95.